The molecular formula is C30H32F2N4O6S. The number of halogens is 2. The Bertz CT molecular complexity index is 1460. The number of nitrogens with zero attached hydrogens (tertiary/aromatic N) is 4. The lowest BCUT2D eigenvalue weighted by atomic mass is 9.86. The van der Waals surface area contributed by atoms with Crippen LogP contribution < -0.4 is 14.5 Å². The van der Waals surface area contributed by atoms with Gasteiger partial charge < -0.3 is 14.6 Å². The normalized spacial score (nSPS) is 16.5. The second kappa shape index (κ2) is 13.6. The topological polar surface area (TPSA) is 122 Å². The number of carbonyl (C=O) groups is 3. The average Bonchev–Trinajstić information content (AvgIpc) is 3.66. The summed E-state index contributed by atoms with van der Waals surface area (Å²) in [6.45, 7) is -1.23. The molecule has 2 fully saturated rings. The van der Waals surface area contributed by atoms with E-state index in [2.05, 4.69) is 14.7 Å². The number of carboxylic acids is 1. The van der Waals surface area contributed by atoms with Gasteiger partial charge >= 0.3 is 12.6 Å². The van der Waals surface area contributed by atoms with E-state index in [0.717, 1.165) is 19.3 Å². The number of aliphatic carboxylic acids is 1. The third kappa shape index (κ3) is 7.34. The summed E-state index contributed by atoms with van der Waals surface area (Å²) in [5.41, 5.74) is 2.22. The first-order valence-corrected chi connectivity index (χ1v) is 15.0. The van der Waals surface area contributed by atoms with Crippen molar-refractivity contribution in [3.05, 3.63) is 41.9 Å². The molecule has 2 aromatic heterocycles. The van der Waals surface area contributed by atoms with E-state index in [1.54, 1.807) is 41.7 Å². The number of anilines is 2. The molecule has 1 aromatic carbocycles. The second-order valence-corrected chi connectivity index (χ2v) is 11.5. The van der Waals surface area contributed by atoms with Crippen LogP contribution in [0.1, 0.15) is 38.5 Å². The van der Waals surface area contributed by atoms with Gasteiger partial charge in [-0.05, 0) is 67.5 Å². The van der Waals surface area contributed by atoms with Crippen LogP contribution in [0.25, 0.3) is 22.4 Å². The monoisotopic (exact) mass is 614 g/mol. The van der Waals surface area contributed by atoms with E-state index in [1.807, 2.05) is 0 Å². The standard InChI is InChI=1S/C30H32F2N4O6S/c1-35(28(40)20(14-27(38)39)13-18-8-11-41-12-9-18)30-34-24(17-43-30)23-15-21(42-29(31)32)5-6-22(23)19-4-7-25(33-16-19)36-10-2-3-26(36)37/h4-7,15-18,20,29H,2-3,8-14H2,1H3,(H,38,39). The summed E-state index contributed by atoms with van der Waals surface area (Å²) in [7, 11) is 1.56. The van der Waals surface area contributed by atoms with Crippen molar-refractivity contribution in [1.29, 1.82) is 0 Å². The van der Waals surface area contributed by atoms with Crippen LogP contribution in [0.4, 0.5) is 19.7 Å². The lowest BCUT2D eigenvalue weighted by Gasteiger charge is -2.27. The largest absolute Gasteiger partial charge is 0.481 e. The van der Waals surface area contributed by atoms with Gasteiger partial charge in [0.05, 0.1) is 12.1 Å². The average molecular weight is 615 g/mol. The van der Waals surface area contributed by atoms with E-state index in [4.69, 9.17) is 4.74 Å². The second-order valence-electron chi connectivity index (χ2n) is 10.6. The fourth-order valence-corrected chi connectivity index (χ4v) is 6.33. The van der Waals surface area contributed by atoms with Crippen LogP contribution in [-0.4, -0.2) is 66.3 Å². The third-order valence-electron chi connectivity index (χ3n) is 7.74. The van der Waals surface area contributed by atoms with Gasteiger partial charge in [0.25, 0.3) is 0 Å². The maximum Gasteiger partial charge on any atom is 0.387 e. The molecule has 3 aromatic rings. The molecule has 0 radical (unpaired) electrons. The number of benzene rings is 1. The molecule has 2 aliphatic rings. The molecule has 0 aliphatic carbocycles. The van der Waals surface area contributed by atoms with Crippen molar-refractivity contribution in [2.45, 2.75) is 45.1 Å². The van der Waals surface area contributed by atoms with Crippen molar-refractivity contribution in [2.75, 3.05) is 36.6 Å². The quantitative estimate of drug-likeness (QED) is 0.302. The first-order valence-electron chi connectivity index (χ1n) is 14.1. The number of amides is 2. The van der Waals surface area contributed by atoms with Crippen molar-refractivity contribution in [2.24, 2.45) is 11.8 Å². The molecule has 1 N–H and O–H groups in total. The molecular weight excluding hydrogens is 582 g/mol. The van der Waals surface area contributed by atoms with Gasteiger partial charge in [-0.15, -0.1) is 11.3 Å². The minimum Gasteiger partial charge on any atom is -0.481 e. The number of aromatic nitrogens is 2. The van der Waals surface area contributed by atoms with Crippen LogP contribution in [0, 0.1) is 11.8 Å². The number of hydrogen-bond donors (Lipinski definition) is 1. The molecule has 228 valence electrons. The molecule has 10 nitrogen and oxygen atoms in total. The number of thiazole rings is 1. The van der Waals surface area contributed by atoms with Crippen LogP contribution in [0.2, 0.25) is 0 Å². The number of pyridine rings is 1. The first-order chi connectivity index (χ1) is 20.7. The number of ether oxygens (including phenoxy) is 2. The highest BCUT2D eigenvalue weighted by Crippen LogP contribution is 2.38. The lowest BCUT2D eigenvalue weighted by molar-refractivity contribution is -0.141. The summed E-state index contributed by atoms with van der Waals surface area (Å²) in [4.78, 5) is 49.3. The number of carboxylic acid groups (broad SMARTS) is 1. The number of rotatable bonds is 11. The Morgan fingerprint density at radius 2 is 2.00 bits per heavy atom. The summed E-state index contributed by atoms with van der Waals surface area (Å²) in [5, 5.41) is 11.5. The van der Waals surface area contributed by atoms with Gasteiger partial charge in [0, 0.05) is 61.8 Å². The minimum absolute atomic E-state index is 0.0152. The highest BCUT2D eigenvalue weighted by Gasteiger charge is 2.30. The van der Waals surface area contributed by atoms with Crippen LogP contribution in [0.5, 0.6) is 5.75 Å². The summed E-state index contributed by atoms with van der Waals surface area (Å²) in [5.74, 6) is -1.42. The van der Waals surface area contributed by atoms with E-state index in [-0.39, 0.29) is 29.9 Å². The van der Waals surface area contributed by atoms with E-state index in [9.17, 15) is 28.3 Å². The fraction of sp³-hybridized carbons (Fsp3) is 0.433. The smallest absolute Gasteiger partial charge is 0.387 e. The van der Waals surface area contributed by atoms with Crippen molar-refractivity contribution in [3.8, 4) is 28.1 Å². The minimum atomic E-state index is -3.02. The molecule has 4 heterocycles. The van der Waals surface area contributed by atoms with Crippen molar-refractivity contribution < 1.29 is 37.7 Å². The van der Waals surface area contributed by atoms with Crippen LogP contribution in [-0.2, 0) is 19.1 Å². The Morgan fingerprint density at radius 1 is 1.21 bits per heavy atom. The van der Waals surface area contributed by atoms with Gasteiger partial charge in [-0.1, -0.05) is 0 Å². The van der Waals surface area contributed by atoms with E-state index < -0.39 is 18.5 Å². The van der Waals surface area contributed by atoms with Crippen molar-refractivity contribution in [3.63, 3.8) is 0 Å². The molecule has 0 bridgehead atoms. The van der Waals surface area contributed by atoms with Crippen LogP contribution in [0.15, 0.2) is 41.9 Å². The van der Waals surface area contributed by atoms with Crippen molar-refractivity contribution >= 4 is 40.1 Å². The zero-order valence-electron chi connectivity index (χ0n) is 23.6. The highest BCUT2D eigenvalue weighted by atomic mass is 32.1. The van der Waals surface area contributed by atoms with Gasteiger partial charge in [-0.25, -0.2) is 9.97 Å². The Labute approximate surface area is 251 Å². The van der Waals surface area contributed by atoms with E-state index >= 15 is 0 Å². The Kier molecular flexibility index (Phi) is 9.61. The maximum absolute atomic E-state index is 13.5. The third-order valence-corrected chi connectivity index (χ3v) is 8.66. The van der Waals surface area contributed by atoms with Gasteiger partial charge in [0.2, 0.25) is 11.8 Å². The molecule has 2 saturated heterocycles. The first kappa shape index (κ1) is 30.5. The zero-order valence-corrected chi connectivity index (χ0v) is 24.4. The molecule has 2 amide bonds. The van der Waals surface area contributed by atoms with E-state index in [1.165, 1.54) is 28.4 Å². The predicted molar refractivity (Wildman–Crippen MR) is 156 cm³/mol. The number of hydrogen-bond acceptors (Lipinski definition) is 8. The molecule has 0 saturated carbocycles. The molecule has 5 rings (SSSR count). The fourth-order valence-electron chi connectivity index (χ4n) is 5.54. The Morgan fingerprint density at radius 3 is 2.65 bits per heavy atom. The lowest BCUT2D eigenvalue weighted by Crippen LogP contribution is -2.35. The predicted octanol–water partition coefficient (Wildman–Crippen LogP) is 5.47. The molecule has 1 atom stereocenters. The summed E-state index contributed by atoms with van der Waals surface area (Å²) >= 11 is 1.18. The summed E-state index contributed by atoms with van der Waals surface area (Å²) < 4.78 is 36.2. The van der Waals surface area contributed by atoms with Crippen molar-refractivity contribution in [1.82, 2.24) is 9.97 Å². The zero-order chi connectivity index (χ0) is 30.5. The molecule has 2 aliphatic heterocycles. The SMILES string of the molecule is CN(C(=O)C(CC(=O)O)CC1CCOCC1)c1nc(-c2cc(OC(F)F)ccc2-c2ccc(N3CCCC3=O)nc2)cs1. The molecule has 1 unspecified atom stereocenters. The van der Waals surface area contributed by atoms with E-state index in [0.29, 0.717) is 65.9 Å². The molecule has 43 heavy (non-hydrogen) atoms. The van der Waals surface area contributed by atoms with Crippen LogP contribution in [0.3, 0.4) is 0 Å². The van der Waals surface area contributed by atoms with Gasteiger partial charge in [-0.3, -0.25) is 24.2 Å². The van der Waals surface area contributed by atoms with Gasteiger partial charge in [-0.2, -0.15) is 8.78 Å². The number of carbonyl (C=O) groups excluding carboxylic acids is 2. The molecule has 0 spiro atoms. The van der Waals surface area contributed by atoms with Gasteiger partial charge in [0.15, 0.2) is 5.13 Å². The van der Waals surface area contributed by atoms with Gasteiger partial charge in [0.1, 0.15) is 11.6 Å². The summed E-state index contributed by atoms with van der Waals surface area (Å²) in [6.07, 6.45) is 4.57. The highest BCUT2D eigenvalue weighted by molar-refractivity contribution is 7.14. The Hall–Kier alpha value is -3.97. The Balaban J connectivity index is 1.42. The molecule has 13 heteroatoms. The van der Waals surface area contributed by atoms with Crippen LogP contribution >= 0.6 is 11.3 Å². The number of alkyl halides is 2. The maximum atomic E-state index is 13.5. The summed E-state index contributed by atoms with van der Waals surface area (Å²) in [6, 6.07) is 8.06.